The predicted octanol–water partition coefficient (Wildman–Crippen LogP) is 2.11. The number of piperazine rings is 1. The van der Waals surface area contributed by atoms with Crippen molar-refractivity contribution in [2.75, 3.05) is 51.4 Å². The molecule has 0 bridgehead atoms. The average Bonchev–Trinajstić information content (AvgIpc) is 2.88. The number of allylic oxidation sites excluding steroid dienone is 1. The third-order valence-electron chi connectivity index (χ3n) is 6.04. The van der Waals surface area contributed by atoms with Gasteiger partial charge in [0, 0.05) is 58.1 Å². The molecule has 17 heteroatoms. The molecule has 224 valence electrons. The number of hydrazone groups is 1. The molecule has 2 amide bonds. The molecule has 1 aliphatic rings. The summed E-state index contributed by atoms with van der Waals surface area (Å²) in [5, 5.41) is 5.60. The van der Waals surface area contributed by atoms with Gasteiger partial charge in [0.15, 0.2) is 0 Å². The Labute approximate surface area is 226 Å². The van der Waals surface area contributed by atoms with Crippen molar-refractivity contribution in [1.82, 2.24) is 25.6 Å². The first-order valence-corrected chi connectivity index (χ1v) is 12.0. The third-order valence-corrected chi connectivity index (χ3v) is 6.04. The molecule has 1 fully saturated rings. The zero-order chi connectivity index (χ0) is 30.1. The van der Waals surface area contributed by atoms with Crippen molar-refractivity contribution < 1.29 is 45.4 Å². The molecule has 0 radical (unpaired) electrons. The number of carbonyl (C=O) groups is 2. The number of nitrogens with one attached hydrogen (secondary N) is 2. The number of hydrogen-bond donors (Lipinski definition) is 2. The maximum Gasteiger partial charge on any atom is 0.423 e. The van der Waals surface area contributed by atoms with Crippen LogP contribution in [0.15, 0.2) is 28.8 Å². The van der Waals surface area contributed by atoms with Crippen LogP contribution < -0.4 is 15.6 Å². The van der Waals surface area contributed by atoms with Crippen molar-refractivity contribution in [3.8, 4) is 0 Å². The Balaban J connectivity index is 1.88. The van der Waals surface area contributed by atoms with Crippen molar-refractivity contribution in [2.45, 2.75) is 44.8 Å². The van der Waals surface area contributed by atoms with E-state index in [9.17, 15) is 35.9 Å². The molecular weight excluding hydrogens is 552 g/mol. The normalized spacial score (nSPS) is 16.6. The largest absolute Gasteiger partial charge is 0.423 e. The van der Waals surface area contributed by atoms with Crippen LogP contribution in [-0.2, 0) is 25.2 Å². The highest BCUT2D eigenvalue weighted by molar-refractivity contribution is 5.95. The quantitative estimate of drug-likeness (QED) is 0.126. The Hall–Kier alpha value is -3.47. The average molecular weight is 584 g/mol. The van der Waals surface area contributed by atoms with Crippen molar-refractivity contribution in [3.05, 3.63) is 29.2 Å². The number of nitrogens with zero attached hydrogens (tertiary/aromatic N) is 5. The number of carbonyl (C=O) groups excluding carboxylic acids is 2. The van der Waals surface area contributed by atoms with Crippen LogP contribution in [0.2, 0.25) is 0 Å². The molecule has 0 aromatic carbocycles. The maximum atomic E-state index is 13.5. The second-order valence-electron chi connectivity index (χ2n) is 8.75. The van der Waals surface area contributed by atoms with E-state index < -0.39 is 47.2 Å². The number of alkyl halides is 6. The lowest BCUT2D eigenvalue weighted by molar-refractivity contribution is -0.138. The predicted molar refractivity (Wildman–Crippen MR) is 131 cm³/mol. The molecule has 1 aliphatic heterocycles. The minimum absolute atomic E-state index is 0.0130. The highest BCUT2D eigenvalue weighted by atomic mass is 19.4. The number of ether oxygens (including phenoxy) is 2. The van der Waals surface area contributed by atoms with E-state index in [0.29, 0.717) is 38.6 Å². The highest BCUT2D eigenvalue weighted by Crippen LogP contribution is 2.29. The lowest BCUT2D eigenvalue weighted by Crippen LogP contribution is -2.49. The van der Waals surface area contributed by atoms with Crippen LogP contribution >= 0.6 is 0 Å². The van der Waals surface area contributed by atoms with Gasteiger partial charge in [-0.3, -0.25) is 9.59 Å². The van der Waals surface area contributed by atoms with Gasteiger partial charge in [0.05, 0.1) is 37.3 Å². The number of amides is 2. The molecule has 2 N–H and O–H groups in total. The van der Waals surface area contributed by atoms with Crippen molar-refractivity contribution in [1.29, 1.82) is 0 Å². The zero-order valence-corrected chi connectivity index (χ0v) is 22.1. The van der Waals surface area contributed by atoms with Gasteiger partial charge < -0.3 is 24.6 Å². The summed E-state index contributed by atoms with van der Waals surface area (Å²) in [7, 11) is 1.36. The molecule has 1 aromatic rings. The Bertz CT molecular complexity index is 1040. The summed E-state index contributed by atoms with van der Waals surface area (Å²) >= 11 is 0. The second-order valence-corrected chi connectivity index (χ2v) is 8.75. The van der Waals surface area contributed by atoms with E-state index in [4.69, 9.17) is 9.47 Å². The Kier molecular flexibility index (Phi) is 11.7. The Morgan fingerprint density at radius 2 is 1.73 bits per heavy atom. The molecule has 1 saturated heterocycles. The van der Waals surface area contributed by atoms with Gasteiger partial charge >= 0.3 is 12.4 Å². The van der Waals surface area contributed by atoms with Gasteiger partial charge in [-0.1, -0.05) is 0 Å². The van der Waals surface area contributed by atoms with Gasteiger partial charge in [-0.25, -0.2) is 15.4 Å². The summed E-state index contributed by atoms with van der Waals surface area (Å²) in [6.07, 6.45) is -8.73. The van der Waals surface area contributed by atoms with E-state index in [2.05, 4.69) is 27.1 Å². The summed E-state index contributed by atoms with van der Waals surface area (Å²) in [6.45, 7) is 6.67. The van der Waals surface area contributed by atoms with Gasteiger partial charge in [0.2, 0.25) is 11.9 Å². The first kappa shape index (κ1) is 32.7. The second kappa shape index (κ2) is 14.2. The van der Waals surface area contributed by atoms with E-state index >= 15 is 0 Å². The Morgan fingerprint density at radius 3 is 2.23 bits per heavy atom. The number of aromatic nitrogens is 2. The fourth-order valence-electron chi connectivity index (χ4n) is 3.76. The lowest BCUT2D eigenvalue weighted by Gasteiger charge is -2.34. The van der Waals surface area contributed by atoms with Crippen LogP contribution in [0, 0.1) is 0 Å². The van der Waals surface area contributed by atoms with Crippen molar-refractivity contribution in [3.63, 3.8) is 0 Å². The van der Waals surface area contributed by atoms with Gasteiger partial charge in [-0.05, 0) is 13.8 Å². The number of methoxy groups -OCH3 is 1. The molecule has 0 aliphatic carbocycles. The fraction of sp³-hybridized carbons (Fsp3) is 0.609. The van der Waals surface area contributed by atoms with E-state index in [-0.39, 0.29) is 31.5 Å². The van der Waals surface area contributed by atoms with Crippen LogP contribution in [0.3, 0.4) is 0 Å². The first-order valence-electron chi connectivity index (χ1n) is 12.0. The molecular formula is C23H31F6N7O4. The molecule has 11 nitrogen and oxygen atoms in total. The van der Waals surface area contributed by atoms with E-state index in [0.717, 1.165) is 6.92 Å². The summed E-state index contributed by atoms with van der Waals surface area (Å²) in [4.78, 5) is 35.2. The van der Waals surface area contributed by atoms with Crippen LogP contribution in [-0.4, -0.2) is 98.2 Å². The maximum absolute atomic E-state index is 13.5. The summed E-state index contributed by atoms with van der Waals surface area (Å²) < 4.78 is 89.2. The van der Waals surface area contributed by atoms with Gasteiger partial charge in [-0.2, -0.15) is 31.4 Å². The third kappa shape index (κ3) is 9.32. The molecule has 0 saturated carbocycles. The molecule has 1 aromatic heterocycles. The minimum atomic E-state index is -4.97. The SMILES string of the molecule is C=NNC(=O)/C(=C(\C)N[C@H](COCCC(=O)N1CCN(c2ncc(C(F)(F)F)cn2)CC1)[C@@H](C)OC)C(F)(F)F. The number of anilines is 1. The summed E-state index contributed by atoms with van der Waals surface area (Å²) in [5.41, 5.74) is -1.24. The number of halogens is 6. The molecule has 0 unspecified atom stereocenters. The van der Waals surface area contributed by atoms with Crippen LogP contribution in [0.4, 0.5) is 32.3 Å². The molecule has 2 heterocycles. The molecule has 2 rings (SSSR count). The van der Waals surface area contributed by atoms with Crippen LogP contribution in [0.1, 0.15) is 25.8 Å². The smallest absolute Gasteiger partial charge is 0.380 e. The first-order chi connectivity index (χ1) is 18.7. The van der Waals surface area contributed by atoms with E-state index in [1.807, 2.05) is 0 Å². The van der Waals surface area contributed by atoms with Crippen molar-refractivity contribution in [2.24, 2.45) is 5.10 Å². The topological polar surface area (TPSA) is 121 Å². The minimum Gasteiger partial charge on any atom is -0.380 e. The van der Waals surface area contributed by atoms with Gasteiger partial charge in [0.25, 0.3) is 5.91 Å². The summed E-state index contributed by atoms with van der Waals surface area (Å²) in [5.74, 6) is -1.58. The van der Waals surface area contributed by atoms with Crippen LogP contribution in [0.25, 0.3) is 0 Å². The molecule has 40 heavy (non-hydrogen) atoms. The van der Waals surface area contributed by atoms with E-state index in [1.54, 1.807) is 22.1 Å². The number of hydrogen-bond acceptors (Lipinski definition) is 9. The fourth-order valence-corrected chi connectivity index (χ4v) is 3.76. The Morgan fingerprint density at radius 1 is 1.12 bits per heavy atom. The van der Waals surface area contributed by atoms with Gasteiger partial charge in [-0.15, -0.1) is 0 Å². The van der Waals surface area contributed by atoms with Crippen LogP contribution in [0.5, 0.6) is 0 Å². The highest BCUT2D eigenvalue weighted by Gasteiger charge is 2.41. The molecule has 0 spiro atoms. The monoisotopic (exact) mass is 583 g/mol. The standard InChI is InChI=1S/C23H31F6N7O4/c1-14(19(23(27,28)29)20(38)34-30-3)33-17(15(2)39-4)13-40-10-5-18(37)35-6-8-36(9-7-35)21-31-11-16(12-32-21)22(24,25)26/h11-12,15,17,33H,3,5-10,13H2,1-2,4H3,(H,34,38)/b19-14-/t15-,17-/m1/s1. The zero-order valence-electron chi connectivity index (χ0n) is 22.1. The molecule has 2 atom stereocenters. The van der Waals surface area contributed by atoms with Gasteiger partial charge in [0.1, 0.15) is 5.57 Å². The number of rotatable bonds is 12. The van der Waals surface area contributed by atoms with E-state index in [1.165, 1.54) is 7.11 Å². The lowest BCUT2D eigenvalue weighted by atomic mass is 10.1. The summed E-state index contributed by atoms with van der Waals surface area (Å²) in [6, 6.07) is -0.797. The van der Waals surface area contributed by atoms with Crippen molar-refractivity contribution >= 4 is 24.5 Å².